The third-order valence-electron chi connectivity index (χ3n) is 2.14. The lowest BCUT2D eigenvalue weighted by Gasteiger charge is -2.05. The average Bonchev–Trinajstić information content (AvgIpc) is 2.27. The largest absolute Gasteiger partial charge is 0.497 e. The van der Waals surface area contributed by atoms with Gasteiger partial charge in [0.05, 0.1) is 25.2 Å². The molecule has 0 fully saturated rings. The van der Waals surface area contributed by atoms with Crippen molar-refractivity contribution in [1.82, 2.24) is 0 Å². The number of benzene rings is 1. The van der Waals surface area contributed by atoms with E-state index in [-0.39, 0.29) is 18.1 Å². The van der Waals surface area contributed by atoms with Crippen molar-refractivity contribution in [3.63, 3.8) is 0 Å². The molecule has 0 saturated heterocycles. The van der Waals surface area contributed by atoms with Gasteiger partial charge in [-0.1, -0.05) is 12.1 Å². The molecule has 0 unspecified atom stereocenters. The van der Waals surface area contributed by atoms with E-state index in [0.29, 0.717) is 0 Å². The molecule has 0 atom stereocenters. The second-order valence-corrected chi connectivity index (χ2v) is 5.62. The molecule has 0 radical (unpaired) electrons. The van der Waals surface area contributed by atoms with Crippen LogP contribution in [0.2, 0.25) is 0 Å². The molecule has 0 aliphatic heterocycles. The molecule has 0 spiro atoms. The van der Waals surface area contributed by atoms with Crippen molar-refractivity contribution < 1.29 is 17.9 Å². The second kappa shape index (κ2) is 5.86. The standard InChI is InChI=1S/C11H16O4S/c1-14-7-8-16(12,13)9-10-3-5-11(15-2)6-4-10/h3-6H,7-9H2,1-2H3. The van der Waals surface area contributed by atoms with Gasteiger partial charge in [-0.25, -0.2) is 8.42 Å². The zero-order valence-electron chi connectivity index (χ0n) is 9.47. The maximum Gasteiger partial charge on any atom is 0.156 e. The third kappa shape index (κ3) is 4.20. The van der Waals surface area contributed by atoms with Crippen LogP contribution < -0.4 is 4.74 Å². The molecular formula is C11H16O4S. The molecule has 0 aliphatic carbocycles. The zero-order chi connectivity index (χ0) is 12.0. The van der Waals surface area contributed by atoms with E-state index >= 15 is 0 Å². The highest BCUT2D eigenvalue weighted by molar-refractivity contribution is 7.90. The summed E-state index contributed by atoms with van der Waals surface area (Å²) in [5.41, 5.74) is 0.761. The molecule has 0 amide bonds. The van der Waals surface area contributed by atoms with Crippen molar-refractivity contribution in [2.24, 2.45) is 0 Å². The second-order valence-electron chi connectivity index (χ2n) is 3.43. The van der Waals surface area contributed by atoms with Gasteiger partial charge in [-0.15, -0.1) is 0 Å². The molecule has 16 heavy (non-hydrogen) atoms. The lowest BCUT2D eigenvalue weighted by molar-refractivity contribution is 0.217. The van der Waals surface area contributed by atoms with Gasteiger partial charge in [0.25, 0.3) is 0 Å². The van der Waals surface area contributed by atoms with Crippen LogP contribution in [0.5, 0.6) is 5.75 Å². The van der Waals surface area contributed by atoms with Crippen LogP contribution >= 0.6 is 0 Å². The molecular weight excluding hydrogens is 228 g/mol. The molecule has 1 aromatic rings. The summed E-state index contributed by atoms with van der Waals surface area (Å²) in [7, 11) is -0.0194. The van der Waals surface area contributed by atoms with Gasteiger partial charge in [0, 0.05) is 7.11 Å². The maximum absolute atomic E-state index is 11.6. The Morgan fingerprint density at radius 1 is 1.12 bits per heavy atom. The van der Waals surface area contributed by atoms with Gasteiger partial charge in [-0.05, 0) is 17.7 Å². The van der Waals surface area contributed by atoms with Gasteiger partial charge in [-0.3, -0.25) is 0 Å². The predicted octanol–water partition coefficient (Wildman–Crippen LogP) is 1.26. The van der Waals surface area contributed by atoms with Crippen LogP contribution in [-0.4, -0.2) is 35.0 Å². The number of rotatable bonds is 6. The fourth-order valence-electron chi connectivity index (χ4n) is 1.26. The number of sulfone groups is 1. The number of methoxy groups -OCH3 is 2. The van der Waals surface area contributed by atoms with Crippen LogP contribution in [0.3, 0.4) is 0 Å². The molecule has 0 aliphatic rings. The van der Waals surface area contributed by atoms with Crippen molar-refractivity contribution in [2.75, 3.05) is 26.6 Å². The predicted molar refractivity (Wildman–Crippen MR) is 62.4 cm³/mol. The Balaban J connectivity index is 2.65. The van der Waals surface area contributed by atoms with Gasteiger partial charge in [-0.2, -0.15) is 0 Å². The summed E-state index contributed by atoms with van der Waals surface area (Å²) in [6, 6.07) is 7.01. The summed E-state index contributed by atoms with van der Waals surface area (Å²) in [6.07, 6.45) is 0. The van der Waals surface area contributed by atoms with E-state index < -0.39 is 9.84 Å². The van der Waals surface area contributed by atoms with Gasteiger partial charge in [0.1, 0.15) is 5.75 Å². The molecule has 0 aromatic heterocycles. The van der Waals surface area contributed by atoms with E-state index in [9.17, 15) is 8.42 Å². The summed E-state index contributed by atoms with van der Waals surface area (Å²) in [5, 5.41) is 0. The first-order valence-electron chi connectivity index (χ1n) is 4.89. The molecule has 0 bridgehead atoms. The molecule has 0 saturated carbocycles. The lowest BCUT2D eigenvalue weighted by atomic mass is 10.2. The van der Waals surface area contributed by atoms with Crippen LogP contribution in [0.15, 0.2) is 24.3 Å². The van der Waals surface area contributed by atoms with Gasteiger partial charge in [0.15, 0.2) is 9.84 Å². The van der Waals surface area contributed by atoms with Crippen molar-refractivity contribution in [3.05, 3.63) is 29.8 Å². The van der Waals surface area contributed by atoms with Crippen LogP contribution in [0, 0.1) is 0 Å². The highest BCUT2D eigenvalue weighted by Crippen LogP contribution is 2.13. The van der Waals surface area contributed by atoms with Crippen molar-refractivity contribution in [2.45, 2.75) is 5.75 Å². The van der Waals surface area contributed by atoms with Crippen LogP contribution in [0.25, 0.3) is 0 Å². The molecule has 1 aromatic carbocycles. The number of ether oxygens (including phenoxy) is 2. The number of hydrogen-bond acceptors (Lipinski definition) is 4. The summed E-state index contributed by atoms with van der Waals surface area (Å²) < 4.78 is 33.0. The first kappa shape index (κ1) is 13.0. The fourth-order valence-corrected chi connectivity index (χ4v) is 2.52. The van der Waals surface area contributed by atoms with Crippen molar-refractivity contribution in [3.8, 4) is 5.75 Å². The zero-order valence-corrected chi connectivity index (χ0v) is 10.3. The summed E-state index contributed by atoms with van der Waals surface area (Å²) in [5.74, 6) is 0.814. The Morgan fingerprint density at radius 3 is 2.25 bits per heavy atom. The van der Waals surface area contributed by atoms with E-state index in [2.05, 4.69) is 0 Å². The Morgan fingerprint density at radius 2 is 1.75 bits per heavy atom. The van der Waals surface area contributed by atoms with E-state index in [4.69, 9.17) is 9.47 Å². The minimum atomic E-state index is -3.08. The maximum atomic E-state index is 11.6. The molecule has 0 N–H and O–H groups in total. The molecule has 0 heterocycles. The molecule has 4 nitrogen and oxygen atoms in total. The number of hydrogen-bond donors (Lipinski definition) is 0. The highest BCUT2D eigenvalue weighted by atomic mass is 32.2. The average molecular weight is 244 g/mol. The smallest absolute Gasteiger partial charge is 0.156 e. The van der Waals surface area contributed by atoms with E-state index in [1.165, 1.54) is 7.11 Å². The minimum absolute atomic E-state index is 0.0420. The lowest BCUT2D eigenvalue weighted by Crippen LogP contribution is -2.13. The highest BCUT2D eigenvalue weighted by Gasteiger charge is 2.11. The van der Waals surface area contributed by atoms with Crippen molar-refractivity contribution >= 4 is 9.84 Å². The van der Waals surface area contributed by atoms with Gasteiger partial charge < -0.3 is 9.47 Å². The first-order valence-corrected chi connectivity index (χ1v) is 6.72. The van der Waals surface area contributed by atoms with Crippen molar-refractivity contribution in [1.29, 1.82) is 0 Å². The van der Waals surface area contributed by atoms with E-state index in [1.54, 1.807) is 31.4 Å². The summed E-state index contributed by atoms with van der Waals surface area (Å²) in [4.78, 5) is 0. The first-order chi connectivity index (χ1) is 7.57. The quantitative estimate of drug-likeness (QED) is 0.756. The fraction of sp³-hybridized carbons (Fsp3) is 0.455. The Kier molecular flexibility index (Phi) is 4.76. The Bertz CT molecular complexity index is 408. The topological polar surface area (TPSA) is 52.6 Å². The van der Waals surface area contributed by atoms with Crippen LogP contribution in [0.1, 0.15) is 5.56 Å². The van der Waals surface area contributed by atoms with Crippen LogP contribution in [0.4, 0.5) is 0 Å². The Hall–Kier alpha value is -1.07. The minimum Gasteiger partial charge on any atom is -0.497 e. The third-order valence-corrected chi connectivity index (χ3v) is 3.71. The molecule has 1 rings (SSSR count). The molecule has 5 heteroatoms. The van der Waals surface area contributed by atoms with E-state index in [1.807, 2.05) is 0 Å². The normalized spacial score (nSPS) is 11.4. The summed E-state index contributed by atoms with van der Waals surface area (Å²) >= 11 is 0. The SMILES string of the molecule is COCCS(=O)(=O)Cc1ccc(OC)cc1. The Labute approximate surface area is 96.1 Å². The van der Waals surface area contributed by atoms with Gasteiger partial charge >= 0.3 is 0 Å². The van der Waals surface area contributed by atoms with Gasteiger partial charge in [0.2, 0.25) is 0 Å². The monoisotopic (exact) mass is 244 g/mol. The molecule has 90 valence electrons. The van der Waals surface area contributed by atoms with E-state index in [0.717, 1.165) is 11.3 Å². The summed E-state index contributed by atoms with van der Waals surface area (Å²) in [6.45, 7) is 0.235. The van der Waals surface area contributed by atoms with Crippen LogP contribution in [-0.2, 0) is 20.3 Å².